The number of benzene rings is 1. The zero-order chi connectivity index (χ0) is 15.0. The van der Waals surface area contributed by atoms with Crippen LogP contribution in [-0.2, 0) is 6.61 Å². The molecule has 0 atom stereocenters. The maximum absolute atomic E-state index is 13.7. The number of halogens is 5. The second-order valence-corrected chi connectivity index (χ2v) is 3.83. The molecule has 106 valence electrons. The van der Waals surface area contributed by atoms with Crippen LogP contribution in [0.5, 0.6) is 0 Å². The van der Waals surface area contributed by atoms with E-state index in [0.29, 0.717) is 0 Å². The van der Waals surface area contributed by atoms with Gasteiger partial charge in [0.25, 0.3) is 0 Å². The van der Waals surface area contributed by atoms with E-state index in [1.54, 1.807) is 0 Å². The summed E-state index contributed by atoms with van der Waals surface area (Å²) >= 11 is 0. The fraction of sp³-hybridized carbons (Fsp3) is 0.0833. The van der Waals surface area contributed by atoms with Crippen molar-refractivity contribution in [1.82, 2.24) is 4.98 Å². The lowest BCUT2D eigenvalue weighted by molar-refractivity contribution is 0.282. The monoisotopic (exact) mass is 290 g/mol. The predicted molar refractivity (Wildman–Crippen MR) is 59.8 cm³/mol. The minimum absolute atomic E-state index is 0.110. The number of aromatic nitrogens is 1. The summed E-state index contributed by atoms with van der Waals surface area (Å²) in [6.07, 6.45) is 1.14. The number of anilines is 1. The Morgan fingerprint density at radius 3 is 1.90 bits per heavy atom. The Hall–Kier alpha value is -2.22. The summed E-state index contributed by atoms with van der Waals surface area (Å²) in [7, 11) is 0. The summed E-state index contributed by atoms with van der Waals surface area (Å²) in [5, 5.41) is 9.09. The molecule has 2 aromatic rings. The summed E-state index contributed by atoms with van der Waals surface area (Å²) in [6, 6.07) is 1.16. The maximum atomic E-state index is 13.7. The number of rotatable bonds is 2. The first kappa shape index (κ1) is 14.2. The first-order valence-corrected chi connectivity index (χ1v) is 5.26. The van der Waals surface area contributed by atoms with Gasteiger partial charge in [0.1, 0.15) is 5.82 Å². The standard InChI is InChI=1S/C12H7F5N2O/c13-7-6(8(14)10(16)11(17)9(7)15)5-4(3-20)1-2-19-12(5)18/h1-2,20H,3H2,(H2,18,19). The van der Waals surface area contributed by atoms with E-state index in [0.717, 1.165) is 12.3 Å². The maximum Gasteiger partial charge on any atom is 0.200 e. The molecule has 3 N–H and O–H groups in total. The lowest BCUT2D eigenvalue weighted by Gasteiger charge is -2.13. The molecule has 0 bridgehead atoms. The molecule has 1 aromatic carbocycles. The van der Waals surface area contributed by atoms with Crippen LogP contribution in [-0.4, -0.2) is 10.1 Å². The van der Waals surface area contributed by atoms with Crippen LogP contribution in [0.4, 0.5) is 27.8 Å². The molecular weight excluding hydrogens is 283 g/mol. The molecule has 0 aliphatic rings. The van der Waals surface area contributed by atoms with Crippen LogP contribution in [0.3, 0.4) is 0 Å². The van der Waals surface area contributed by atoms with Gasteiger partial charge in [0.15, 0.2) is 23.3 Å². The van der Waals surface area contributed by atoms with Crippen molar-refractivity contribution in [2.45, 2.75) is 6.61 Å². The third-order valence-electron chi connectivity index (χ3n) is 2.70. The molecule has 0 unspecified atom stereocenters. The second kappa shape index (κ2) is 5.04. The number of hydrogen-bond donors (Lipinski definition) is 2. The number of nitrogens with zero attached hydrogens (tertiary/aromatic N) is 1. The Morgan fingerprint density at radius 1 is 0.900 bits per heavy atom. The molecule has 0 saturated carbocycles. The Bertz CT molecular complexity index is 661. The van der Waals surface area contributed by atoms with E-state index in [-0.39, 0.29) is 5.56 Å². The number of nitrogens with two attached hydrogens (primary N) is 1. The largest absolute Gasteiger partial charge is 0.392 e. The molecule has 3 nitrogen and oxygen atoms in total. The number of hydrogen-bond acceptors (Lipinski definition) is 3. The zero-order valence-electron chi connectivity index (χ0n) is 9.72. The zero-order valence-corrected chi connectivity index (χ0v) is 9.72. The molecule has 2 rings (SSSR count). The van der Waals surface area contributed by atoms with Gasteiger partial charge in [-0.2, -0.15) is 0 Å². The van der Waals surface area contributed by atoms with Gasteiger partial charge in [0.2, 0.25) is 5.82 Å². The molecule has 8 heteroatoms. The molecular formula is C12H7F5N2O. The van der Waals surface area contributed by atoms with E-state index < -0.39 is 52.6 Å². The van der Waals surface area contributed by atoms with E-state index in [1.807, 2.05) is 0 Å². The van der Waals surface area contributed by atoms with Crippen molar-refractivity contribution < 1.29 is 27.1 Å². The lowest BCUT2D eigenvalue weighted by atomic mass is 9.99. The normalized spacial score (nSPS) is 10.9. The van der Waals surface area contributed by atoms with Gasteiger partial charge in [-0.3, -0.25) is 0 Å². The highest BCUT2D eigenvalue weighted by Gasteiger charge is 2.29. The van der Waals surface area contributed by atoms with Gasteiger partial charge in [-0.15, -0.1) is 0 Å². The first-order chi connectivity index (χ1) is 9.40. The highest BCUT2D eigenvalue weighted by atomic mass is 19.2. The van der Waals surface area contributed by atoms with Gasteiger partial charge >= 0.3 is 0 Å². The van der Waals surface area contributed by atoms with Crippen LogP contribution in [0.25, 0.3) is 11.1 Å². The van der Waals surface area contributed by atoms with Crippen molar-refractivity contribution in [3.8, 4) is 11.1 Å². The summed E-state index contributed by atoms with van der Waals surface area (Å²) in [4.78, 5) is 3.52. The topological polar surface area (TPSA) is 59.1 Å². The fourth-order valence-corrected chi connectivity index (χ4v) is 1.76. The number of nitrogen functional groups attached to an aromatic ring is 1. The predicted octanol–water partition coefficient (Wildman–Crippen LogP) is 2.52. The SMILES string of the molecule is Nc1nccc(CO)c1-c1c(F)c(F)c(F)c(F)c1F. The number of pyridine rings is 1. The Kier molecular flexibility index (Phi) is 3.58. The van der Waals surface area contributed by atoms with Crippen molar-refractivity contribution in [1.29, 1.82) is 0 Å². The van der Waals surface area contributed by atoms with Gasteiger partial charge in [-0.1, -0.05) is 0 Å². The van der Waals surface area contributed by atoms with Gasteiger partial charge < -0.3 is 10.8 Å². The summed E-state index contributed by atoms with van der Waals surface area (Å²) in [5.74, 6) is -11.0. The molecule has 0 saturated heterocycles. The smallest absolute Gasteiger partial charge is 0.200 e. The average molecular weight is 290 g/mol. The van der Waals surface area contributed by atoms with E-state index in [9.17, 15) is 22.0 Å². The summed E-state index contributed by atoms with van der Waals surface area (Å²) in [5.41, 5.74) is 3.56. The van der Waals surface area contributed by atoms with Crippen LogP contribution < -0.4 is 5.73 Å². The van der Waals surface area contributed by atoms with Gasteiger partial charge in [-0.05, 0) is 11.6 Å². The molecule has 20 heavy (non-hydrogen) atoms. The highest BCUT2D eigenvalue weighted by Crippen LogP contribution is 2.36. The van der Waals surface area contributed by atoms with E-state index >= 15 is 0 Å². The van der Waals surface area contributed by atoms with Crippen molar-refractivity contribution in [3.63, 3.8) is 0 Å². The lowest BCUT2D eigenvalue weighted by Crippen LogP contribution is -2.08. The van der Waals surface area contributed by atoms with Crippen molar-refractivity contribution in [2.24, 2.45) is 0 Å². The second-order valence-electron chi connectivity index (χ2n) is 3.83. The molecule has 0 amide bonds. The molecule has 0 aliphatic heterocycles. The molecule has 0 spiro atoms. The molecule has 1 heterocycles. The van der Waals surface area contributed by atoms with Crippen LogP contribution in [0, 0.1) is 29.1 Å². The third kappa shape index (κ3) is 1.97. The van der Waals surface area contributed by atoms with Crippen LogP contribution >= 0.6 is 0 Å². The Balaban J connectivity index is 2.91. The fourth-order valence-electron chi connectivity index (χ4n) is 1.76. The van der Waals surface area contributed by atoms with E-state index in [1.165, 1.54) is 0 Å². The summed E-state index contributed by atoms with van der Waals surface area (Å²) < 4.78 is 66.7. The molecule has 0 aliphatic carbocycles. The van der Waals surface area contributed by atoms with E-state index in [4.69, 9.17) is 10.8 Å². The third-order valence-corrected chi connectivity index (χ3v) is 2.70. The van der Waals surface area contributed by atoms with Crippen molar-refractivity contribution in [3.05, 3.63) is 46.9 Å². The Labute approximate surface area is 109 Å². The highest BCUT2D eigenvalue weighted by molar-refractivity contribution is 5.78. The Morgan fingerprint density at radius 2 is 1.40 bits per heavy atom. The molecule has 1 aromatic heterocycles. The molecule has 0 radical (unpaired) electrons. The van der Waals surface area contributed by atoms with E-state index in [2.05, 4.69) is 4.98 Å². The van der Waals surface area contributed by atoms with Gasteiger partial charge in [0, 0.05) is 11.8 Å². The quantitative estimate of drug-likeness (QED) is 0.507. The number of aliphatic hydroxyl groups is 1. The first-order valence-electron chi connectivity index (χ1n) is 5.26. The molecule has 0 fully saturated rings. The van der Waals surface area contributed by atoms with Crippen LogP contribution in [0.2, 0.25) is 0 Å². The minimum Gasteiger partial charge on any atom is -0.392 e. The minimum atomic E-state index is -2.27. The summed E-state index contributed by atoms with van der Waals surface area (Å²) in [6.45, 7) is -0.707. The average Bonchev–Trinajstić information content (AvgIpc) is 2.44. The van der Waals surface area contributed by atoms with Crippen molar-refractivity contribution >= 4 is 5.82 Å². The van der Waals surface area contributed by atoms with Gasteiger partial charge in [-0.25, -0.2) is 26.9 Å². The van der Waals surface area contributed by atoms with Gasteiger partial charge in [0.05, 0.1) is 12.2 Å². The number of aliphatic hydroxyl groups excluding tert-OH is 1. The van der Waals surface area contributed by atoms with Crippen LogP contribution in [0.15, 0.2) is 12.3 Å². The van der Waals surface area contributed by atoms with Crippen molar-refractivity contribution in [2.75, 3.05) is 5.73 Å². The van der Waals surface area contributed by atoms with Crippen LogP contribution in [0.1, 0.15) is 5.56 Å².